The molecule has 2 unspecified atom stereocenters. The summed E-state index contributed by atoms with van der Waals surface area (Å²) in [5, 5.41) is 29.2. The van der Waals surface area contributed by atoms with Crippen LogP contribution in [-0.2, 0) is 35.1 Å². The predicted molar refractivity (Wildman–Crippen MR) is 155 cm³/mol. The summed E-state index contributed by atoms with van der Waals surface area (Å²) in [6.45, 7) is 2.80. The van der Waals surface area contributed by atoms with E-state index in [9.17, 15) is 38.9 Å². The highest BCUT2D eigenvalue weighted by molar-refractivity contribution is 7.15. The molecule has 43 heavy (non-hydrogen) atoms. The molecule has 0 spiro atoms. The zero-order valence-electron chi connectivity index (χ0n) is 23.7. The molecule has 1 saturated heterocycles. The molecule has 2 heterocycles. The molecule has 2 aromatic carbocycles. The fourth-order valence-corrected chi connectivity index (χ4v) is 6.99. The van der Waals surface area contributed by atoms with Gasteiger partial charge in [-0.05, 0) is 59.4 Å². The van der Waals surface area contributed by atoms with Crippen molar-refractivity contribution in [1.29, 1.82) is 0 Å². The minimum absolute atomic E-state index is 0.292. The standard InChI is InChI=1S/C32H33FO9S/c1-17-20(12-22-10-11-28(43-22)19-6-8-21(33)9-7-19)4-3-5-23(17)32-26(15-31(39)40)24(13-29(35)36)25(14-30(37)38)27(42-32)16-41-18(2)34/h3-11,24-27,32H,12-16H2,1-2H3,(H,35,36)(H,37,38)(H,39,40)/t24?,25-,26?,27+,32-/m1/s1. The van der Waals surface area contributed by atoms with Crippen molar-refractivity contribution in [3.05, 3.63) is 82.0 Å². The highest BCUT2D eigenvalue weighted by Crippen LogP contribution is 2.48. The molecular weight excluding hydrogens is 579 g/mol. The fraction of sp³-hybridized carbons (Fsp3) is 0.375. The van der Waals surface area contributed by atoms with Crippen LogP contribution in [0.4, 0.5) is 4.39 Å². The molecule has 1 aliphatic rings. The monoisotopic (exact) mass is 612 g/mol. The van der Waals surface area contributed by atoms with Crippen LogP contribution in [0.1, 0.15) is 53.9 Å². The third-order valence-corrected chi connectivity index (χ3v) is 9.05. The summed E-state index contributed by atoms with van der Waals surface area (Å²) in [5.74, 6) is -7.09. The van der Waals surface area contributed by atoms with Crippen LogP contribution in [0.15, 0.2) is 54.6 Å². The second-order valence-electron chi connectivity index (χ2n) is 10.8. The van der Waals surface area contributed by atoms with Crippen LogP contribution in [0.3, 0.4) is 0 Å². The predicted octanol–water partition coefficient (Wildman–Crippen LogP) is 5.73. The SMILES string of the molecule is CC(=O)OC[C@@H]1O[C@H](c2cccc(Cc3ccc(-c4ccc(F)cc4)s3)c2C)C(CC(=O)O)C(CC(=O)O)[C@H]1CC(=O)O. The van der Waals surface area contributed by atoms with Gasteiger partial charge in [-0.3, -0.25) is 19.2 Å². The number of thiophene rings is 1. The van der Waals surface area contributed by atoms with Crippen molar-refractivity contribution < 1.29 is 48.4 Å². The van der Waals surface area contributed by atoms with E-state index in [-0.39, 0.29) is 12.4 Å². The molecule has 3 aromatic rings. The fourth-order valence-electron chi connectivity index (χ4n) is 5.96. The summed E-state index contributed by atoms with van der Waals surface area (Å²) in [7, 11) is 0. The normalized spacial score (nSPS) is 21.7. The van der Waals surface area contributed by atoms with Gasteiger partial charge < -0.3 is 24.8 Å². The van der Waals surface area contributed by atoms with E-state index in [0.29, 0.717) is 12.0 Å². The van der Waals surface area contributed by atoms with Gasteiger partial charge in [0.2, 0.25) is 0 Å². The summed E-state index contributed by atoms with van der Waals surface area (Å²) in [6, 6.07) is 15.8. The lowest BCUT2D eigenvalue weighted by Gasteiger charge is -2.46. The van der Waals surface area contributed by atoms with Gasteiger partial charge in [0.15, 0.2) is 0 Å². The molecule has 0 amide bonds. The van der Waals surface area contributed by atoms with Crippen LogP contribution in [0.5, 0.6) is 0 Å². The van der Waals surface area contributed by atoms with Crippen LogP contribution in [0, 0.1) is 30.5 Å². The lowest BCUT2D eigenvalue weighted by Crippen LogP contribution is -2.48. The van der Waals surface area contributed by atoms with Gasteiger partial charge in [-0.1, -0.05) is 30.3 Å². The Hall–Kier alpha value is -4.09. The maximum absolute atomic E-state index is 13.4. The lowest BCUT2D eigenvalue weighted by molar-refractivity contribution is -0.189. The third kappa shape index (κ3) is 8.05. The Morgan fingerprint density at radius 1 is 0.860 bits per heavy atom. The van der Waals surface area contributed by atoms with Crippen LogP contribution in [0.25, 0.3) is 10.4 Å². The van der Waals surface area contributed by atoms with Crippen LogP contribution in [0.2, 0.25) is 0 Å². The van der Waals surface area contributed by atoms with Gasteiger partial charge in [-0.2, -0.15) is 0 Å². The largest absolute Gasteiger partial charge is 0.481 e. The number of rotatable bonds is 12. The summed E-state index contributed by atoms with van der Waals surface area (Å²) >= 11 is 1.57. The van der Waals surface area contributed by atoms with Crippen molar-refractivity contribution in [2.24, 2.45) is 17.8 Å². The molecule has 0 bridgehead atoms. The molecule has 1 aromatic heterocycles. The van der Waals surface area contributed by atoms with Crippen LogP contribution in [-0.4, -0.2) is 51.9 Å². The minimum Gasteiger partial charge on any atom is -0.481 e. The molecular formula is C32H33FO9S. The summed E-state index contributed by atoms with van der Waals surface area (Å²) in [6.07, 6.45) is -2.66. The Bertz CT molecular complexity index is 1480. The number of carboxylic acid groups (broad SMARTS) is 3. The zero-order chi connectivity index (χ0) is 31.3. The van der Waals surface area contributed by atoms with Gasteiger partial charge in [0, 0.05) is 41.4 Å². The van der Waals surface area contributed by atoms with Gasteiger partial charge in [0.05, 0.1) is 25.0 Å². The Morgan fingerprint density at radius 2 is 1.49 bits per heavy atom. The average molecular weight is 613 g/mol. The first-order valence-corrected chi connectivity index (χ1v) is 14.6. The number of hydrogen-bond acceptors (Lipinski definition) is 7. The minimum atomic E-state index is -1.20. The highest BCUT2D eigenvalue weighted by atomic mass is 32.1. The number of esters is 1. The number of carbonyl (C=O) groups is 4. The molecule has 11 heteroatoms. The number of ether oxygens (including phenoxy) is 2. The number of benzene rings is 2. The quantitative estimate of drug-likeness (QED) is 0.218. The molecule has 9 nitrogen and oxygen atoms in total. The first-order valence-electron chi connectivity index (χ1n) is 13.8. The second-order valence-corrected chi connectivity index (χ2v) is 11.9. The van der Waals surface area contributed by atoms with Crippen LogP contribution >= 0.6 is 11.3 Å². The van der Waals surface area contributed by atoms with Crippen molar-refractivity contribution in [3.8, 4) is 10.4 Å². The van der Waals surface area contributed by atoms with E-state index in [1.54, 1.807) is 29.5 Å². The van der Waals surface area contributed by atoms with Crippen molar-refractivity contribution in [2.75, 3.05) is 6.61 Å². The third-order valence-electron chi connectivity index (χ3n) is 7.92. The molecule has 0 saturated carbocycles. The summed E-state index contributed by atoms with van der Waals surface area (Å²) in [5.41, 5.74) is 3.34. The summed E-state index contributed by atoms with van der Waals surface area (Å²) < 4.78 is 25.0. The Kier molecular flexibility index (Phi) is 10.3. The molecule has 0 radical (unpaired) electrons. The van der Waals surface area contributed by atoms with Crippen molar-refractivity contribution in [2.45, 2.75) is 51.7 Å². The second kappa shape index (κ2) is 13.9. The van der Waals surface area contributed by atoms with E-state index in [0.717, 1.165) is 26.4 Å². The smallest absolute Gasteiger partial charge is 0.303 e. The highest BCUT2D eigenvalue weighted by Gasteiger charge is 2.49. The van der Waals surface area contributed by atoms with Gasteiger partial charge in [-0.15, -0.1) is 11.3 Å². The van der Waals surface area contributed by atoms with E-state index in [1.165, 1.54) is 19.1 Å². The molecule has 3 N–H and O–H groups in total. The molecule has 5 atom stereocenters. The van der Waals surface area contributed by atoms with Crippen molar-refractivity contribution in [1.82, 2.24) is 0 Å². The Balaban J connectivity index is 1.71. The topological polar surface area (TPSA) is 147 Å². The van der Waals surface area contributed by atoms with Gasteiger partial charge in [0.25, 0.3) is 0 Å². The first-order chi connectivity index (χ1) is 20.4. The van der Waals surface area contributed by atoms with E-state index in [1.807, 2.05) is 31.2 Å². The van der Waals surface area contributed by atoms with Crippen LogP contribution < -0.4 is 0 Å². The van der Waals surface area contributed by atoms with Gasteiger partial charge in [-0.25, -0.2) is 4.39 Å². The van der Waals surface area contributed by atoms with E-state index in [2.05, 4.69) is 0 Å². The molecule has 228 valence electrons. The molecule has 1 fully saturated rings. The maximum atomic E-state index is 13.4. The first kappa shape index (κ1) is 31.8. The van der Waals surface area contributed by atoms with Gasteiger partial charge in [0.1, 0.15) is 12.4 Å². The average Bonchev–Trinajstić information content (AvgIpc) is 3.39. The number of aliphatic carboxylic acids is 3. The Morgan fingerprint density at radius 3 is 2.12 bits per heavy atom. The zero-order valence-corrected chi connectivity index (χ0v) is 24.5. The maximum Gasteiger partial charge on any atom is 0.303 e. The Labute approximate surface area is 251 Å². The lowest BCUT2D eigenvalue weighted by atomic mass is 9.68. The van der Waals surface area contributed by atoms with Crippen molar-refractivity contribution in [3.63, 3.8) is 0 Å². The molecule has 0 aliphatic carbocycles. The molecule has 1 aliphatic heterocycles. The number of carboxylic acids is 3. The van der Waals surface area contributed by atoms with E-state index in [4.69, 9.17) is 9.47 Å². The van der Waals surface area contributed by atoms with E-state index < -0.39 is 73.1 Å². The molecule has 4 rings (SSSR count). The number of carbonyl (C=O) groups excluding carboxylic acids is 1. The number of halogens is 1. The van der Waals surface area contributed by atoms with Crippen molar-refractivity contribution >= 4 is 35.2 Å². The number of hydrogen-bond donors (Lipinski definition) is 3. The summed E-state index contributed by atoms with van der Waals surface area (Å²) in [4.78, 5) is 49.4. The van der Waals surface area contributed by atoms with E-state index >= 15 is 0 Å². The van der Waals surface area contributed by atoms with Gasteiger partial charge >= 0.3 is 23.9 Å².